The van der Waals surface area contributed by atoms with E-state index in [1.807, 2.05) is 42.5 Å². The highest BCUT2D eigenvalue weighted by Crippen LogP contribution is 2.29. The molecule has 1 fully saturated rings. The number of pyridine rings is 2. The van der Waals surface area contributed by atoms with Crippen molar-refractivity contribution in [2.24, 2.45) is 5.41 Å². The molecule has 0 spiro atoms. The average molecular weight is 361 g/mol. The summed E-state index contributed by atoms with van der Waals surface area (Å²) in [5, 5.41) is 4.01. The van der Waals surface area contributed by atoms with Crippen LogP contribution >= 0.6 is 0 Å². The van der Waals surface area contributed by atoms with E-state index in [1.54, 1.807) is 12.4 Å². The van der Waals surface area contributed by atoms with Crippen molar-refractivity contribution >= 4 is 16.8 Å². The predicted octanol–water partition coefficient (Wildman–Crippen LogP) is 3.84. The molecule has 4 rings (SSSR count). The Morgan fingerprint density at radius 3 is 2.67 bits per heavy atom. The molecule has 0 saturated carbocycles. The highest BCUT2D eigenvalue weighted by atomic mass is 16.5. The number of rotatable bonds is 4. The van der Waals surface area contributed by atoms with Gasteiger partial charge < -0.3 is 10.1 Å². The van der Waals surface area contributed by atoms with Crippen LogP contribution in [0.1, 0.15) is 30.1 Å². The number of para-hydroxylation sites is 1. The highest BCUT2D eigenvalue weighted by molar-refractivity contribution is 6.07. The van der Waals surface area contributed by atoms with Gasteiger partial charge in [-0.2, -0.15) is 0 Å². The second-order valence-electron chi connectivity index (χ2n) is 7.41. The zero-order valence-corrected chi connectivity index (χ0v) is 15.4. The summed E-state index contributed by atoms with van der Waals surface area (Å²) in [5.41, 5.74) is 3.28. The fraction of sp³-hybridized carbons (Fsp3) is 0.318. The molecular weight excluding hydrogens is 338 g/mol. The van der Waals surface area contributed by atoms with E-state index in [0.717, 1.165) is 48.2 Å². The molecule has 5 nitrogen and oxygen atoms in total. The molecule has 0 aliphatic carbocycles. The zero-order valence-electron chi connectivity index (χ0n) is 15.4. The SMILES string of the molecule is CC1(CNC(=O)c2cc(-c3ccncc3)nc3ccccc23)CCOCC1. The van der Waals surface area contributed by atoms with Crippen LogP contribution in [0.5, 0.6) is 0 Å². The minimum Gasteiger partial charge on any atom is -0.381 e. The van der Waals surface area contributed by atoms with E-state index in [-0.39, 0.29) is 11.3 Å². The minimum atomic E-state index is -0.0587. The molecule has 1 aliphatic rings. The van der Waals surface area contributed by atoms with Crippen LogP contribution in [-0.4, -0.2) is 35.6 Å². The van der Waals surface area contributed by atoms with Gasteiger partial charge in [0, 0.05) is 43.1 Å². The van der Waals surface area contributed by atoms with Crippen molar-refractivity contribution in [2.75, 3.05) is 19.8 Å². The summed E-state index contributed by atoms with van der Waals surface area (Å²) in [4.78, 5) is 21.8. The van der Waals surface area contributed by atoms with Gasteiger partial charge >= 0.3 is 0 Å². The Balaban J connectivity index is 1.66. The number of hydrogen-bond donors (Lipinski definition) is 1. The molecular formula is C22H23N3O2. The number of aromatic nitrogens is 2. The minimum absolute atomic E-state index is 0.0587. The molecule has 0 atom stereocenters. The molecule has 27 heavy (non-hydrogen) atoms. The molecule has 5 heteroatoms. The van der Waals surface area contributed by atoms with Crippen molar-refractivity contribution in [3.05, 3.63) is 60.4 Å². The monoisotopic (exact) mass is 361 g/mol. The maximum atomic E-state index is 13.0. The van der Waals surface area contributed by atoms with Crippen LogP contribution in [0.4, 0.5) is 0 Å². The first kappa shape index (κ1) is 17.6. The van der Waals surface area contributed by atoms with Crippen LogP contribution < -0.4 is 5.32 Å². The summed E-state index contributed by atoms with van der Waals surface area (Å²) < 4.78 is 5.45. The van der Waals surface area contributed by atoms with E-state index in [9.17, 15) is 4.79 Å². The van der Waals surface area contributed by atoms with Gasteiger partial charge in [-0.05, 0) is 42.5 Å². The number of fused-ring (bicyclic) bond motifs is 1. The number of carbonyl (C=O) groups is 1. The Morgan fingerprint density at radius 1 is 1.15 bits per heavy atom. The smallest absolute Gasteiger partial charge is 0.252 e. The van der Waals surface area contributed by atoms with E-state index < -0.39 is 0 Å². The Hall–Kier alpha value is -2.79. The Labute approximate surface area is 158 Å². The van der Waals surface area contributed by atoms with Crippen LogP contribution in [0.25, 0.3) is 22.2 Å². The number of carbonyl (C=O) groups excluding carboxylic acids is 1. The zero-order chi connectivity index (χ0) is 18.7. The molecule has 138 valence electrons. The van der Waals surface area contributed by atoms with Crippen LogP contribution in [0, 0.1) is 5.41 Å². The standard InChI is InChI=1S/C22H23N3O2/c1-22(8-12-27-13-9-22)15-24-21(26)18-14-20(16-6-10-23-11-7-16)25-19-5-3-2-4-17(18)19/h2-7,10-11,14H,8-9,12-13,15H2,1H3,(H,24,26). The first-order chi connectivity index (χ1) is 13.1. The lowest BCUT2D eigenvalue weighted by Gasteiger charge is -2.33. The van der Waals surface area contributed by atoms with Gasteiger partial charge in [0.05, 0.1) is 16.8 Å². The first-order valence-corrected chi connectivity index (χ1v) is 9.31. The molecule has 0 unspecified atom stereocenters. The molecule has 1 aliphatic heterocycles. The maximum absolute atomic E-state index is 13.0. The lowest BCUT2D eigenvalue weighted by molar-refractivity contribution is 0.0238. The summed E-state index contributed by atoms with van der Waals surface area (Å²) in [5.74, 6) is -0.0587. The maximum Gasteiger partial charge on any atom is 0.252 e. The van der Waals surface area contributed by atoms with Crippen LogP contribution in [0.3, 0.4) is 0 Å². The number of nitrogens with one attached hydrogen (secondary N) is 1. The second-order valence-corrected chi connectivity index (χ2v) is 7.41. The van der Waals surface area contributed by atoms with Gasteiger partial charge in [-0.3, -0.25) is 9.78 Å². The fourth-order valence-electron chi connectivity index (χ4n) is 3.46. The van der Waals surface area contributed by atoms with Crippen LogP contribution in [0.15, 0.2) is 54.9 Å². The number of benzene rings is 1. The van der Waals surface area contributed by atoms with Crippen LogP contribution in [0.2, 0.25) is 0 Å². The molecule has 0 radical (unpaired) electrons. The first-order valence-electron chi connectivity index (χ1n) is 9.31. The third-order valence-electron chi connectivity index (χ3n) is 5.31. The molecule has 1 N–H and O–H groups in total. The highest BCUT2D eigenvalue weighted by Gasteiger charge is 2.28. The lowest BCUT2D eigenvalue weighted by atomic mass is 9.82. The molecule has 0 bridgehead atoms. The lowest BCUT2D eigenvalue weighted by Crippen LogP contribution is -2.39. The molecule has 3 aromatic rings. The summed E-state index contributed by atoms with van der Waals surface area (Å²) in [6.07, 6.45) is 5.40. The summed E-state index contributed by atoms with van der Waals surface area (Å²) >= 11 is 0. The third-order valence-corrected chi connectivity index (χ3v) is 5.31. The fourth-order valence-corrected chi connectivity index (χ4v) is 3.46. The van der Waals surface area contributed by atoms with E-state index in [0.29, 0.717) is 12.1 Å². The van der Waals surface area contributed by atoms with E-state index in [1.165, 1.54) is 0 Å². The van der Waals surface area contributed by atoms with Gasteiger partial charge in [0.1, 0.15) is 0 Å². The van der Waals surface area contributed by atoms with E-state index in [4.69, 9.17) is 9.72 Å². The van der Waals surface area contributed by atoms with E-state index >= 15 is 0 Å². The van der Waals surface area contributed by atoms with Gasteiger partial charge in [0.25, 0.3) is 5.91 Å². The van der Waals surface area contributed by atoms with Gasteiger partial charge in [-0.25, -0.2) is 4.98 Å². The number of amides is 1. The van der Waals surface area contributed by atoms with Crippen molar-refractivity contribution < 1.29 is 9.53 Å². The van der Waals surface area contributed by atoms with Gasteiger partial charge in [0.2, 0.25) is 0 Å². The Bertz CT molecular complexity index is 950. The van der Waals surface area contributed by atoms with Crippen molar-refractivity contribution in [3.63, 3.8) is 0 Å². The van der Waals surface area contributed by atoms with Crippen molar-refractivity contribution in [1.82, 2.24) is 15.3 Å². The van der Waals surface area contributed by atoms with Crippen molar-refractivity contribution in [3.8, 4) is 11.3 Å². The number of ether oxygens (including phenoxy) is 1. The molecule has 3 heterocycles. The number of nitrogens with zero attached hydrogens (tertiary/aromatic N) is 2. The molecule has 2 aromatic heterocycles. The van der Waals surface area contributed by atoms with Crippen molar-refractivity contribution in [1.29, 1.82) is 0 Å². The molecule has 1 aromatic carbocycles. The summed E-state index contributed by atoms with van der Waals surface area (Å²) in [7, 11) is 0. The van der Waals surface area contributed by atoms with Gasteiger partial charge in [-0.15, -0.1) is 0 Å². The normalized spacial score (nSPS) is 16.2. The van der Waals surface area contributed by atoms with Crippen molar-refractivity contribution in [2.45, 2.75) is 19.8 Å². The summed E-state index contributed by atoms with van der Waals surface area (Å²) in [6, 6.07) is 13.5. The van der Waals surface area contributed by atoms with Gasteiger partial charge in [-0.1, -0.05) is 25.1 Å². The number of hydrogen-bond acceptors (Lipinski definition) is 4. The summed E-state index contributed by atoms with van der Waals surface area (Å²) in [6.45, 7) is 4.38. The quantitative estimate of drug-likeness (QED) is 0.767. The molecule has 1 saturated heterocycles. The van der Waals surface area contributed by atoms with Gasteiger partial charge in [0.15, 0.2) is 0 Å². The molecule has 1 amide bonds. The third kappa shape index (κ3) is 3.83. The van der Waals surface area contributed by atoms with Crippen LogP contribution in [-0.2, 0) is 4.74 Å². The predicted molar refractivity (Wildman–Crippen MR) is 105 cm³/mol. The Kier molecular flexibility index (Phi) is 4.86. The topological polar surface area (TPSA) is 64.1 Å². The average Bonchev–Trinajstić information content (AvgIpc) is 2.72. The Morgan fingerprint density at radius 2 is 1.89 bits per heavy atom. The largest absolute Gasteiger partial charge is 0.381 e. The van der Waals surface area contributed by atoms with E-state index in [2.05, 4.69) is 17.2 Å². The second kappa shape index (κ2) is 7.45.